The van der Waals surface area contributed by atoms with Crippen LogP contribution in [0.2, 0.25) is 0 Å². The summed E-state index contributed by atoms with van der Waals surface area (Å²) in [6.07, 6.45) is 0.682. The van der Waals surface area contributed by atoms with Crippen molar-refractivity contribution in [3.63, 3.8) is 0 Å². The summed E-state index contributed by atoms with van der Waals surface area (Å²) in [4.78, 5) is 23.1. The number of carbonyl (C=O) groups excluding carboxylic acids is 1. The van der Waals surface area contributed by atoms with Crippen LogP contribution in [0.1, 0.15) is 36.9 Å². The van der Waals surface area contributed by atoms with Crippen molar-refractivity contribution in [2.75, 3.05) is 4.90 Å². The van der Waals surface area contributed by atoms with Crippen LogP contribution in [0.3, 0.4) is 0 Å². The van der Waals surface area contributed by atoms with Gasteiger partial charge in [-0.15, -0.1) is 0 Å². The molecule has 1 atom stereocenters. The van der Waals surface area contributed by atoms with Crippen LogP contribution in [0.5, 0.6) is 5.75 Å². The van der Waals surface area contributed by atoms with Gasteiger partial charge in [0, 0.05) is 12.1 Å². The predicted octanol–water partition coefficient (Wildman–Crippen LogP) is 5.36. The number of carboxylic acids is 1. The van der Waals surface area contributed by atoms with Gasteiger partial charge < -0.3 is 14.7 Å². The van der Waals surface area contributed by atoms with E-state index in [4.69, 9.17) is 9.84 Å². The average Bonchev–Trinajstić information content (AvgIpc) is 2.79. The van der Waals surface area contributed by atoms with Gasteiger partial charge in [-0.3, -0.25) is 9.59 Å². The number of hydrogen-bond acceptors (Lipinski definition) is 3. The Hall–Kier alpha value is -3.67. The standard InChI is InChI=1S/C22H18FNO2.C3H6O2/c23-18-8-10-19(11-9-18)24-21(14-22(24)25)17-6-12-20(13-7-17)26-15-16-4-2-1-3-5-16;1-2-3(4)5/h1-13,21H,14-15H2;2H2,1H3,(H,4,5). The summed E-state index contributed by atoms with van der Waals surface area (Å²) in [5.41, 5.74) is 2.88. The molecule has 1 heterocycles. The summed E-state index contributed by atoms with van der Waals surface area (Å²) in [5, 5.41) is 7.72. The van der Waals surface area contributed by atoms with Crippen LogP contribution >= 0.6 is 0 Å². The highest BCUT2D eigenvalue weighted by atomic mass is 19.1. The molecule has 6 heteroatoms. The van der Waals surface area contributed by atoms with E-state index in [0.29, 0.717) is 13.0 Å². The van der Waals surface area contributed by atoms with Crippen molar-refractivity contribution in [3.8, 4) is 5.75 Å². The summed E-state index contributed by atoms with van der Waals surface area (Å²) >= 11 is 0. The van der Waals surface area contributed by atoms with Crippen LogP contribution in [-0.2, 0) is 16.2 Å². The Morgan fingerprint density at radius 3 is 2.19 bits per heavy atom. The lowest BCUT2D eigenvalue weighted by atomic mass is 9.93. The van der Waals surface area contributed by atoms with Crippen molar-refractivity contribution in [2.24, 2.45) is 0 Å². The number of carbonyl (C=O) groups is 2. The van der Waals surface area contributed by atoms with Gasteiger partial charge in [0.1, 0.15) is 18.2 Å². The normalized spacial score (nSPS) is 14.8. The molecule has 3 aromatic carbocycles. The van der Waals surface area contributed by atoms with Gasteiger partial charge in [0.15, 0.2) is 0 Å². The number of hydrogen-bond donors (Lipinski definition) is 1. The number of anilines is 1. The second kappa shape index (κ2) is 10.4. The van der Waals surface area contributed by atoms with Crippen LogP contribution in [0.15, 0.2) is 78.9 Å². The van der Waals surface area contributed by atoms with Crippen LogP contribution in [0.4, 0.5) is 10.1 Å². The highest BCUT2D eigenvalue weighted by molar-refractivity contribution is 6.01. The number of nitrogens with zero attached hydrogens (tertiary/aromatic N) is 1. The molecule has 5 nitrogen and oxygen atoms in total. The van der Waals surface area contributed by atoms with Crippen molar-refractivity contribution < 1.29 is 23.8 Å². The largest absolute Gasteiger partial charge is 0.489 e. The molecule has 160 valence electrons. The van der Waals surface area contributed by atoms with Gasteiger partial charge >= 0.3 is 5.97 Å². The van der Waals surface area contributed by atoms with Gasteiger partial charge in [-0.1, -0.05) is 49.4 Å². The van der Waals surface area contributed by atoms with Gasteiger partial charge in [0.2, 0.25) is 5.91 Å². The maximum absolute atomic E-state index is 13.1. The highest BCUT2D eigenvalue weighted by Crippen LogP contribution is 2.39. The van der Waals surface area contributed by atoms with Gasteiger partial charge in [0.25, 0.3) is 0 Å². The second-order valence-electron chi connectivity index (χ2n) is 7.05. The molecule has 0 radical (unpaired) electrons. The van der Waals surface area contributed by atoms with Gasteiger partial charge in [-0.05, 0) is 47.5 Å². The molecule has 0 bridgehead atoms. The van der Waals surface area contributed by atoms with E-state index in [1.54, 1.807) is 24.0 Å². The Kier molecular flexibility index (Phi) is 7.38. The predicted molar refractivity (Wildman–Crippen MR) is 116 cm³/mol. The zero-order valence-corrected chi connectivity index (χ0v) is 17.2. The SMILES string of the molecule is CCC(=O)O.O=C1CC(c2ccc(OCc3ccccc3)cc2)N1c1ccc(F)cc1. The minimum Gasteiger partial charge on any atom is -0.489 e. The first-order valence-corrected chi connectivity index (χ1v) is 10.0. The number of ether oxygens (including phenoxy) is 1. The van der Waals surface area contributed by atoms with Crippen molar-refractivity contribution in [1.29, 1.82) is 0 Å². The summed E-state index contributed by atoms with van der Waals surface area (Å²) < 4.78 is 18.9. The number of benzene rings is 3. The number of β-lactam (4-membered cyclic amide) rings is 1. The second-order valence-corrected chi connectivity index (χ2v) is 7.05. The fourth-order valence-electron chi connectivity index (χ4n) is 3.14. The fraction of sp³-hybridized carbons (Fsp3) is 0.200. The molecule has 1 unspecified atom stereocenters. The molecule has 1 aliphatic rings. The van der Waals surface area contributed by atoms with E-state index in [0.717, 1.165) is 22.6 Å². The molecule has 4 rings (SSSR count). The molecule has 1 N–H and O–H groups in total. The third-order valence-electron chi connectivity index (χ3n) is 4.87. The van der Waals surface area contributed by atoms with E-state index in [2.05, 4.69) is 0 Å². The zero-order valence-electron chi connectivity index (χ0n) is 17.2. The van der Waals surface area contributed by atoms with Crippen molar-refractivity contribution in [3.05, 3.63) is 95.8 Å². The van der Waals surface area contributed by atoms with E-state index in [9.17, 15) is 14.0 Å². The molecule has 1 saturated heterocycles. The first kappa shape index (κ1) is 22.0. The van der Waals surface area contributed by atoms with Gasteiger partial charge in [-0.2, -0.15) is 0 Å². The van der Waals surface area contributed by atoms with E-state index in [-0.39, 0.29) is 24.2 Å². The Labute approximate surface area is 180 Å². The average molecular weight is 421 g/mol. The quantitative estimate of drug-likeness (QED) is 0.544. The van der Waals surface area contributed by atoms with E-state index >= 15 is 0 Å². The Morgan fingerprint density at radius 2 is 1.65 bits per heavy atom. The molecule has 0 spiro atoms. The van der Waals surface area contributed by atoms with Crippen molar-refractivity contribution >= 4 is 17.6 Å². The molecule has 0 saturated carbocycles. The molecular weight excluding hydrogens is 397 g/mol. The van der Waals surface area contributed by atoms with E-state index in [1.807, 2.05) is 54.6 Å². The fourth-order valence-corrected chi connectivity index (χ4v) is 3.14. The monoisotopic (exact) mass is 421 g/mol. The third kappa shape index (κ3) is 5.92. The summed E-state index contributed by atoms with van der Waals surface area (Å²) in [5.74, 6) is -0.217. The summed E-state index contributed by atoms with van der Waals surface area (Å²) in [6.45, 7) is 2.12. The van der Waals surface area contributed by atoms with E-state index < -0.39 is 5.97 Å². The van der Waals surface area contributed by atoms with Crippen LogP contribution < -0.4 is 9.64 Å². The molecule has 1 amide bonds. The maximum atomic E-state index is 13.1. The zero-order chi connectivity index (χ0) is 22.2. The van der Waals surface area contributed by atoms with Crippen molar-refractivity contribution in [1.82, 2.24) is 0 Å². The Bertz CT molecular complexity index is 1000. The highest BCUT2D eigenvalue weighted by Gasteiger charge is 2.38. The summed E-state index contributed by atoms with van der Waals surface area (Å²) in [6, 6.07) is 23.8. The molecule has 3 aromatic rings. The van der Waals surface area contributed by atoms with Crippen LogP contribution in [0.25, 0.3) is 0 Å². The first-order chi connectivity index (χ1) is 15.0. The smallest absolute Gasteiger partial charge is 0.303 e. The Morgan fingerprint density at radius 1 is 1.03 bits per heavy atom. The van der Waals surface area contributed by atoms with Gasteiger partial charge in [-0.25, -0.2) is 4.39 Å². The topological polar surface area (TPSA) is 66.8 Å². The number of amides is 1. The van der Waals surface area contributed by atoms with Gasteiger partial charge in [0.05, 0.1) is 12.5 Å². The van der Waals surface area contributed by atoms with E-state index in [1.165, 1.54) is 12.1 Å². The molecule has 0 aliphatic carbocycles. The number of halogens is 1. The maximum Gasteiger partial charge on any atom is 0.303 e. The summed E-state index contributed by atoms with van der Waals surface area (Å²) in [7, 11) is 0. The number of aliphatic carboxylic acids is 1. The lowest BCUT2D eigenvalue weighted by Crippen LogP contribution is -2.46. The molecular formula is C25H24FNO4. The lowest BCUT2D eigenvalue weighted by Gasteiger charge is -2.40. The minimum atomic E-state index is -0.745. The molecule has 0 aromatic heterocycles. The van der Waals surface area contributed by atoms with Crippen LogP contribution in [-0.4, -0.2) is 17.0 Å². The Balaban J connectivity index is 0.000000491. The van der Waals surface area contributed by atoms with Crippen molar-refractivity contribution in [2.45, 2.75) is 32.4 Å². The number of rotatable bonds is 6. The first-order valence-electron chi connectivity index (χ1n) is 10.0. The van der Waals surface area contributed by atoms with Crippen LogP contribution in [0, 0.1) is 5.82 Å². The third-order valence-corrected chi connectivity index (χ3v) is 4.87. The minimum absolute atomic E-state index is 0.0175. The number of carboxylic acid groups (broad SMARTS) is 1. The molecule has 1 aliphatic heterocycles. The molecule has 31 heavy (non-hydrogen) atoms. The molecule has 1 fully saturated rings. The lowest BCUT2D eigenvalue weighted by molar-refractivity contribution is -0.136.